The van der Waals surface area contributed by atoms with E-state index < -0.39 is 0 Å². The molecule has 0 radical (unpaired) electrons. The number of carbonyl (C=O) groups is 1. The molecule has 33 heavy (non-hydrogen) atoms. The summed E-state index contributed by atoms with van der Waals surface area (Å²) in [6.45, 7) is 3.16. The van der Waals surface area contributed by atoms with E-state index in [9.17, 15) is 9.59 Å². The van der Waals surface area contributed by atoms with Crippen LogP contribution in [0.1, 0.15) is 48.4 Å². The van der Waals surface area contributed by atoms with Crippen LogP contribution in [0.15, 0.2) is 59.9 Å². The summed E-state index contributed by atoms with van der Waals surface area (Å²) < 4.78 is 2.09. The molecular weight excluding hydrogens is 414 g/mol. The molecule has 1 fully saturated rings. The number of aromatic amines is 1. The first-order chi connectivity index (χ1) is 16.1. The lowest BCUT2D eigenvalue weighted by Gasteiger charge is -2.12. The third-order valence-corrected chi connectivity index (χ3v) is 6.19. The highest BCUT2D eigenvalue weighted by molar-refractivity contribution is 5.95. The Morgan fingerprint density at radius 1 is 1.21 bits per heavy atom. The molecule has 0 spiro atoms. The molecule has 1 amide bonds. The van der Waals surface area contributed by atoms with Gasteiger partial charge in [0.1, 0.15) is 11.0 Å². The zero-order chi connectivity index (χ0) is 22.8. The molecule has 3 aromatic heterocycles. The van der Waals surface area contributed by atoms with Gasteiger partial charge in [0.25, 0.3) is 5.56 Å². The maximum Gasteiger partial charge on any atom is 0.275 e. The summed E-state index contributed by atoms with van der Waals surface area (Å²) in [5.74, 6) is 0.420. The lowest BCUT2D eigenvalue weighted by Crippen LogP contribution is -2.23. The maximum atomic E-state index is 12.8. The van der Waals surface area contributed by atoms with Gasteiger partial charge in [-0.25, -0.2) is 4.98 Å². The van der Waals surface area contributed by atoms with Crippen molar-refractivity contribution in [1.29, 1.82) is 0 Å². The Morgan fingerprint density at radius 2 is 2.03 bits per heavy atom. The number of hydrogen-bond donors (Lipinski definition) is 2. The Balaban J connectivity index is 1.37. The average molecular weight is 442 g/mol. The molecule has 7 heteroatoms. The van der Waals surface area contributed by atoms with Gasteiger partial charge < -0.3 is 14.9 Å². The molecule has 1 aliphatic carbocycles. The number of hydrogen-bond acceptors (Lipinski definition) is 4. The Morgan fingerprint density at radius 3 is 2.76 bits per heavy atom. The highest BCUT2D eigenvalue weighted by Crippen LogP contribution is 2.47. The van der Waals surface area contributed by atoms with Gasteiger partial charge in [0.2, 0.25) is 5.91 Å². The molecular formula is C26H27N5O2. The molecule has 3 heterocycles. The second-order valence-electron chi connectivity index (χ2n) is 8.72. The van der Waals surface area contributed by atoms with E-state index in [-0.39, 0.29) is 11.5 Å². The molecule has 7 nitrogen and oxygen atoms in total. The first-order valence-electron chi connectivity index (χ1n) is 11.4. The minimum absolute atomic E-state index is 0.0134. The fourth-order valence-electron chi connectivity index (χ4n) is 4.40. The van der Waals surface area contributed by atoms with E-state index in [1.165, 1.54) is 11.9 Å². The third-order valence-electron chi connectivity index (χ3n) is 6.19. The molecule has 4 aromatic rings. The van der Waals surface area contributed by atoms with Crippen molar-refractivity contribution in [2.24, 2.45) is 0 Å². The van der Waals surface area contributed by atoms with Gasteiger partial charge in [-0.15, -0.1) is 0 Å². The van der Waals surface area contributed by atoms with Crippen LogP contribution in [0.25, 0.3) is 22.2 Å². The molecule has 1 aliphatic rings. The molecule has 1 aromatic carbocycles. The largest absolute Gasteiger partial charge is 0.352 e. The molecule has 1 saturated carbocycles. The number of aryl methyl sites for hydroxylation is 2. The molecule has 0 aliphatic heterocycles. The Kier molecular flexibility index (Phi) is 5.77. The van der Waals surface area contributed by atoms with Crippen LogP contribution in [0, 0.1) is 6.92 Å². The monoisotopic (exact) mass is 441 g/mol. The Bertz CT molecular complexity index is 1340. The number of pyridine rings is 1. The topological polar surface area (TPSA) is 92.7 Å². The van der Waals surface area contributed by atoms with E-state index >= 15 is 0 Å². The fraction of sp³-hybridized carbons (Fsp3) is 0.308. The molecule has 5 rings (SSSR count). The van der Waals surface area contributed by atoms with Crippen molar-refractivity contribution < 1.29 is 4.79 Å². The number of rotatable bonds is 8. The van der Waals surface area contributed by atoms with Crippen LogP contribution in [0.4, 0.5) is 0 Å². The van der Waals surface area contributed by atoms with Crippen molar-refractivity contribution in [3.63, 3.8) is 0 Å². The van der Waals surface area contributed by atoms with E-state index in [1.807, 2.05) is 49.5 Å². The lowest BCUT2D eigenvalue weighted by molar-refractivity contribution is -0.121. The van der Waals surface area contributed by atoms with Gasteiger partial charge in [-0.05, 0) is 43.7 Å². The van der Waals surface area contributed by atoms with Gasteiger partial charge in [-0.1, -0.05) is 35.9 Å². The molecule has 0 unspecified atom stereocenters. The first kappa shape index (κ1) is 21.1. The summed E-state index contributed by atoms with van der Waals surface area (Å²) in [5.41, 5.74) is 6.53. The Hall–Kier alpha value is -3.74. The predicted octanol–water partition coefficient (Wildman–Crippen LogP) is 4.07. The van der Waals surface area contributed by atoms with Gasteiger partial charge in [-0.3, -0.25) is 14.6 Å². The van der Waals surface area contributed by atoms with Crippen LogP contribution in [-0.2, 0) is 17.9 Å². The van der Waals surface area contributed by atoms with E-state index in [0.29, 0.717) is 42.9 Å². The minimum atomic E-state index is -0.152. The molecule has 168 valence electrons. The van der Waals surface area contributed by atoms with Crippen molar-refractivity contribution in [3.05, 3.63) is 82.3 Å². The first-order valence-corrected chi connectivity index (χ1v) is 11.4. The standard InChI is InChI=1S/C26H27N5O2/c1-17-6-8-18(9-7-17)14-28-21(32)5-3-13-31-24(19-10-11-19)22(20-4-2-12-27-15-20)23-25(31)26(33)30-16-29-23/h2,4,6-9,12,15-16,19H,3,5,10-11,13-14H2,1H3,(H,28,32)(H,29,30,33). The molecule has 0 saturated heterocycles. The van der Waals surface area contributed by atoms with Gasteiger partial charge in [0.15, 0.2) is 0 Å². The highest BCUT2D eigenvalue weighted by Gasteiger charge is 2.33. The Labute approximate surface area is 191 Å². The normalized spacial score (nSPS) is 13.4. The smallest absolute Gasteiger partial charge is 0.275 e. The number of benzene rings is 1. The number of H-pyrrole nitrogens is 1. The second kappa shape index (κ2) is 9.02. The van der Waals surface area contributed by atoms with Crippen LogP contribution in [0.2, 0.25) is 0 Å². The third kappa shape index (κ3) is 4.44. The molecule has 0 bridgehead atoms. The van der Waals surface area contributed by atoms with E-state index in [2.05, 4.69) is 24.8 Å². The zero-order valence-electron chi connectivity index (χ0n) is 18.7. The number of nitrogens with one attached hydrogen (secondary N) is 2. The highest BCUT2D eigenvalue weighted by atomic mass is 16.1. The summed E-state index contributed by atoms with van der Waals surface area (Å²) in [7, 11) is 0. The number of amides is 1. The summed E-state index contributed by atoms with van der Waals surface area (Å²) in [6, 6.07) is 12.1. The molecule has 2 N–H and O–H groups in total. The average Bonchev–Trinajstić information content (AvgIpc) is 3.61. The quantitative estimate of drug-likeness (QED) is 0.431. The summed E-state index contributed by atoms with van der Waals surface area (Å²) in [5, 5.41) is 3.00. The minimum Gasteiger partial charge on any atom is -0.352 e. The van der Waals surface area contributed by atoms with Crippen LogP contribution in [0.3, 0.4) is 0 Å². The lowest BCUT2D eigenvalue weighted by atomic mass is 10.0. The van der Waals surface area contributed by atoms with Gasteiger partial charge >= 0.3 is 0 Å². The number of aromatic nitrogens is 4. The van der Waals surface area contributed by atoms with E-state index in [4.69, 9.17) is 0 Å². The molecule has 0 atom stereocenters. The second-order valence-corrected chi connectivity index (χ2v) is 8.72. The van der Waals surface area contributed by atoms with Crippen molar-refractivity contribution in [2.75, 3.05) is 0 Å². The van der Waals surface area contributed by atoms with Gasteiger partial charge in [0, 0.05) is 48.7 Å². The zero-order valence-corrected chi connectivity index (χ0v) is 18.7. The summed E-state index contributed by atoms with van der Waals surface area (Å²) in [6.07, 6.45) is 8.27. The van der Waals surface area contributed by atoms with Crippen molar-refractivity contribution in [3.8, 4) is 11.1 Å². The van der Waals surface area contributed by atoms with Crippen LogP contribution < -0.4 is 10.9 Å². The summed E-state index contributed by atoms with van der Waals surface area (Å²) >= 11 is 0. The van der Waals surface area contributed by atoms with E-state index in [1.54, 1.807) is 6.20 Å². The summed E-state index contributed by atoms with van der Waals surface area (Å²) in [4.78, 5) is 36.8. The SMILES string of the molecule is Cc1ccc(CNC(=O)CCCn2c(C3CC3)c(-c3cccnc3)c3nc[nH]c(=O)c32)cc1. The van der Waals surface area contributed by atoms with Crippen LogP contribution >= 0.6 is 0 Å². The maximum absolute atomic E-state index is 12.8. The van der Waals surface area contributed by atoms with Gasteiger partial charge in [0.05, 0.1) is 6.33 Å². The van der Waals surface area contributed by atoms with Gasteiger partial charge in [-0.2, -0.15) is 0 Å². The number of carbonyl (C=O) groups excluding carboxylic acids is 1. The van der Waals surface area contributed by atoms with E-state index in [0.717, 1.165) is 35.2 Å². The number of nitrogens with zero attached hydrogens (tertiary/aromatic N) is 3. The van der Waals surface area contributed by atoms with Crippen molar-refractivity contribution >= 4 is 16.9 Å². The fourth-order valence-corrected chi connectivity index (χ4v) is 4.40. The van der Waals surface area contributed by atoms with Crippen LogP contribution in [-0.4, -0.2) is 25.4 Å². The van der Waals surface area contributed by atoms with Crippen LogP contribution in [0.5, 0.6) is 0 Å². The van der Waals surface area contributed by atoms with Crippen molar-refractivity contribution in [2.45, 2.75) is 51.6 Å². The number of fused-ring (bicyclic) bond motifs is 1. The van der Waals surface area contributed by atoms with Crippen molar-refractivity contribution in [1.82, 2.24) is 24.8 Å². The predicted molar refractivity (Wildman–Crippen MR) is 128 cm³/mol.